The molecule has 1 atom stereocenters. The second-order valence-electron chi connectivity index (χ2n) is 6.75. The SMILES string of the molecule is COc1ccc(C[C@H]2CC3(CCN(CCO)CC3)CO2)cc1. The zero-order chi connectivity index (χ0) is 15.4. The van der Waals surface area contributed by atoms with Crippen molar-refractivity contribution < 1.29 is 14.6 Å². The molecule has 22 heavy (non-hydrogen) atoms. The average molecular weight is 305 g/mol. The van der Waals surface area contributed by atoms with E-state index in [-0.39, 0.29) is 6.61 Å². The third-order valence-electron chi connectivity index (χ3n) is 5.24. The van der Waals surface area contributed by atoms with Crippen molar-refractivity contribution in [3.63, 3.8) is 0 Å². The minimum atomic E-state index is 0.267. The molecule has 2 heterocycles. The van der Waals surface area contributed by atoms with Crippen molar-refractivity contribution in [1.82, 2.24) is 4.90 Å². The van der Waals surface area contributed by atoms with Crippen molar-refractivity contribution in [3.8, 4) is 5.75 Å². The third kappa shape index (κ3) is 3.62. The van der Waals surface area contributed by atoms with Crippen LogP contribution in [0, 0.1) is 5.41 Å². The molecular formula is C18H27NO3. The van der Waals surface area contributed by atoms with Crippen LogP contribution in [0.5, 0.6) is 5.75 Å². The van der Waals surface area contributed by atoms with Crippen LogP contribution in [0.2, 0.25) is 0 Å². The van der Waals surface area contributed by atoms with Crippen LogP contribution in [0.25, 0.3) is 0 Å². The Morgan fingerprint density at radius 2 is 2.00 bits per heavy atom. The third-order valence-corrected chi connectivity index (χ3v) is 5.24. The number of methoxy groups -OCH3 is 1. The molecule has 0 aliphatic carbocycles. The van der Waals surface area contributed by atoms with Crippen LogP contribution < -0.4 is 4.74 Å². The molecule has 2 fully saturated rings. The molecule has 122 valence electrons. The first-order valence-corrected chi connectivity index (χ1v) is 8.31. The number of rotatable bonds is 5. The molecule has 0 radical (unpaired) electrons. The van der Waals surface area contributed by atoms with Gasteiger partial charge in [0.25, 0.3) is 0 Å². The summed E-state index contributed by atoms with van der Waals surface area (Å²) in [6.45, 7) is 4.18. The molecule has 2 aliphatic heterocycles. The van der Waals surface area contributed by atoms with E-state index in [4.69, 9.17) is 14.6 Å². The lowest BCUT2D eigenvalue weighted by molar-refractivity contribution is 0.0600. The van der Waals surface area contributed by atoms with Gasteiger partial charge in [-0.25, -0.2) is 0 Å². The monoisotopic (exact) mass is 305 g/mol. The Bertz CT molecular complexity index is 466. The highest BCUT2D eigenvalue weighted by Crippen LogP contribution is 2.42. The predicted molar refractivity (Wildman–Crippen MR) is 86.2 cm³/mol. The van der Waals surface area contributed by atoms with E-state index in [9.17, 15) is 0 Å². The molecule has 1 aromatic carbocycles. The minimum Gasteiger partial charge on any atom is -0.497 e. The summed E-state index contributed by atoms with van der Waals surface area (Å²) < 4.78 is 11.3. The Morgan fingerprint density at radius 1 is 1.27 bits per heavy atom. The highest BCUT2D eigenvalue weighted by molar-refractivity contribution is 5.27. The molecule has 1 spiro atoms. The van der Waals surface area contributed by atoms with Gasteiger partial charge in [0, 0.05) is 6.54 Å². The van der Waals surface area contributed by atoms with Gasteiger partial charge in [-0.1, -0.05) is 12.1 Å². The number of aliphatic hydroxyl groups is 1. The summed E-state index contributed by atoms with van der Waals surface area (Å²) in [6, 6.07) is 8.31. The Kier molecular flexibility index (Phi) is 5.01. The first-order valence-electron chi connectivity index (χ1n) is 8.31. The van der Waals surface area contributed by atoms with Crippen molar-refractivity contribution in [2.75, 3.05) is 40.0 Å². The molecule has 0 aromatic heterocycles. The average Bonchev–Trinajstić information content (AvgIpc) is 2.93. The second kappa shape index (κ2) is 6.99. The highest BCUT2D eigenvalue weighted by atomic mass is 16.5. The van der Waals surface area contributed by atoms with Crippen molar-refractivity contribution in [2.24, 2.45) is 5.41 Å². The standard InChI is InChI=1S/C18H27NO3/c1-21-16-4-2-15(3-5-16)12-17-13-18(14-22-17)6-8-19(9-7-18)10-11-20/h2-5,17,20H,6-14H2,1H3/t17-/m0/s1. The smallest absolute Gasteiger partial charge is 0.118 e. The van der Waals surface area contributed by atoms with Crippen LogP contribution in [0.4, 0.5) is 0 Å². The molecular weight excluding hydrogens is 278 g/mol. The van der Waals surface area contributed by atoms with Gasteiger partial charge >= 0.3 is 0 Å². The molecule has 1 N–H and O–H groups in total. The summed E-state index contributed by atoms with van der Waals surface area (Å²) >= 11 is 0. The summed E-state index contributed by atoms with van der Waals surface area (Å²) in [5, 5.41) is 9.04. The maximum absolute atomic E-state index is 9.04. The molecule has 4 heteroatoms. The van der Waals surface area contributed by atoms with Crippen molar-refractivity contribution in [1.29, 1.82) is 0 Å². The zero-order valence-electron chi connectivity index (χ0n) is 13.5. The predicted octanol–water partition coefficient (Wildman–Crippen LogP) is 2.10. The summed E-state index contributed by atoms with van der Waals surface area (Å²) in [6.07, 6.45) is 4.91. The van der Waals surface area contributed by atoms with Gasteiger partial charge in [0.1, 0.15) is 5.75 Å². The molecule has 2 saturated heterocycles. The van der Waals surface area contributed by atoms with E-state index in [1.54, 1.807) is 7.11 Å². The van der Waals surface area contributed by atoms with E-state index in [2.05, 4.69) is 17.0 Å². The normalized spacial score (nSPS) is 24.7. The topological polar surface area (TPSA) is 41.9 Å². The van der Waals surface area contributed by atoms with Crippen LogP contribution in [0.1, 0.15) is 24.8 Å². The number of likely N-dealkylation sites (tertiary alicyclic amines) is 1. The summed E-state index contributed by atoms with van der Waals surface area (Å²) in [7, 11) is 1.70. The maximum atomic E-state index is 9.04. The first-order chi connectivity index (χ1) is 10.7. The van der Waals surface area contributed by atoms with Gasteiger partial charge in [-0.2, -0.15) is 0 Å². The summed E-state index contributed by atoms with van der Waals surface area (Å²) in [4.78, 5) is 2.36. The Hall–Kier alpha value is -1.10. The van der Waals surface area contributed by atoms with Gasteiger partial charge in [-0.05, 0) is 61.9 Å². The number of nitrogens with zero attached hydrogens (tertiary/aromatic N) is 1. The molecule has 0 amide bonds. The molecule has 0 bridgehead atoms. The minimum absolute atomic E-state index is 0.267. The van der Waals surface area contributed by atoms with Gasteiger partial charge in [0.2, 0.25) is 0 Å². The fourth-order valence-electron chi connectivity index (χ4n) is 3.79. The van der Waals surface area contributed by atoms with Gasteiger partial charge in [0.15, 0.2) is 0 Å². The lowest BCUT2D eigenvalue weighted by Crippen LogP contribution is -2.41. The Morgan fingerprint density at radius 3 is 2.64 bits per heavy atom. The van der Waals surface area contributed by atoms with Crippen molar-refractivity contribution in [2.45, 2.75) is 31.8 Å². The lowest BCUT2D eigenvalue weighted by atomic mass is 9.76. The number of benzene rings is 1. The van der Waals surface area contributed by atoms with Crippen LogP contribution in [0.15, 0.2) is 24.3 Å². The molecule has 1 aromatic rings. The number of ether oxygens (including phenoxy) is 2. The van der Waals surface area contributed by atoms with E-state index in [1.165, 1.54) is 24.8 Å². The largest absolute Gasteiger partial charge is 0.497 e. The lowest BCUT2D eigenvalue weighted by Gasteiger charge is -2.38. The van der Waals surface area contributed by atoms with E-state index >= 15 is 0 Å². The number of hydrogen-bond donors (Lipinski definition) is 1. The Labute approximate surface area is 133 Å². The molecule has 2 aliphatic rings. The van der Waals surface area contributed by atoms with Crippen molar-refractivity contribution >= 4 is 0 Å². The zero-order valence-corrected chi connectivity index (χ0v) is 13.5. The summed E-state index contributed by atoms with van der Waals surface area (Å²) in [5.41, 5.74) is 1.70. The Balaban J connectivity index is 1.51. The van der Waals surface area contributed by atoms with E-state index < -0.39 is 0 Å². The number of β-amino-alcohol motifs (C(OH)–C–C–N with tert-alkyl or cyclic N) is 1. The van der Waals surface area contributed by atoms with Gasteiger partial charge < -0.3 is 19.5 Å². The fraction of sp³-hybridized carbons (Fsp3) is 0.667. The molecule has 0 saturated carbocycles. The molecule has 4 nitrogen and oxygen atoms in total. The van der Waals surface area contributed by atoms with Crippen LogP contribution in [0.3, 0.4) is 0 Å². The van der Waals surface area contributed by atoms with Crippen LogP contribution in [-0.4, -0.2) is 56.1 Å². The molecule has 0 unspecified atom stereocenters. The molecule has 3 rings (SSSR count). The number of piperidine rings is 1. The number of hydrogen-bond acceptors (Lipinski definition) is 4. The van der Waals surface area contributed by atoms with Gasteiger partial charge in [-0.3, -0.25) is 0 Å². The number of aliphatic hydroxyl groups excluding tert-OH is 1. The first kappa shape index (κ1) is 15.8. The van der Waals surface area contributed by atoms with Crippen molar-refractivity contribution in [3.05, 3.63) is 29.8 Å². The van der Waals surface area contributed by atoms with Crippen LogP contribution >= 0.6 is 0 Å². The van der Waals surface area contributed by atoms with Crippen LogP contribution in [-0.2, 0) is 11.2 Å². The van der Waals surface area contributed by atoms with E-state index in [0.717, 1.165) is 38.4 Å². The fourth-order valence-corrected chi connectivity index (χ4v) is 3.79. The maximum Gasteiger partial charge on any atom is 0.118 e. The highest BCUT2D eigenvalue weighted by Gasteiger charge is 2.42. The summed E-state index contributed by atoms with van der Waals surface area (Å²) in [5.74, 6) is 0.906. The van der Waals surface area contributed by atoms with E-state index in [1.807, 2.05) is 12.1 Å². The van der Waals surface area contributed by atoms with E-state index in [0.29, 0.717) is 11.5 Å². The second-order valence-corrected chi connectivity index (χ2v) is 6.75. The van der Waals surface area contributed by atoms with Gasteiger partial charge in [-0.15, -0.1) is 0 Å². The quantitative estimate of drug-likeness (QED) is 0.904. The van der Waals surface area contributed by atoms with Gasteiger partial charge in [0.05, 0.1) is 26.4 Å².